The summed E-state index contributed by atoms with van der Waals surface area (Å²) in [5.41, 5.74) is 6.99. The molecule has 0 spiro atoms. The number of nitrogens with zero attached hydrogens (tertiary/aromatic N) is 2. The Bertz CT molecular complexity index is 532. The number of benzene rings is 1. The van der Waals surface area contributed by atoms with Crippen LogP contribution >= 0.6 is 11.6 Å². The van der Waals surface area contributed by atoms with Crippen molar-refractivity contribution in [2.75, 3.05) is 0 Å². The van der Waals surface area contributed by atoms with Crippen LogP contribution < -0.4 is 0 Å². The molecule has 2 aromatic rings. The van der Waals surface area contributed by atoms with E-state index in [1.54, 1.807) is 0 Å². The first-order valence-corrected chi connectivity index (χ1v) is 6.26. The van der Waals surface area contributed by atoms with Crippen LogP contribution in [-0.2, 0) is 5.88 Å². The molecule has 0 unspecified atom stereocenters. The van der Waals surface area contributed by atoms with E-state index in [2.05, 4.69) is 44.9 Å². The molecule has 0 amide bonds. The van der Waals surface area contributed by atoms with Gasteiger partial charge in [0.05, 0.1) is 17.3 Å². The monoisotopic (exact) mass is 248 g/mol. The molecule has 1 aromatic heterocycles. The second kappa shape index (κ2) is 4.53. The van der Waals surface area contributed by atoms with Crippen molar-refractivity contribution in [1.82, 2.24) is 9.78 Å². The first-order valence-electron chi connectivity index (χ1n) is 5.72. The summed E-state index contributed by atoms with van der Waals surface area (Å²) in [6.45, 7) is 8.42. The summed E-state index contributed by atoms with van der Waals surface area (Å²) in [7, 11) is 0. The molecule has 0 radical (unpaired) electrons. The van der Waals surface area contributed by atoms with Crippen LogP contribution in [0.4, 0.5) is 0 Å². The fraction of sp³-hybridized carbons (Fsp3) is 0.357. The Morgan fingerprint density at radius 3 is 2.12 bits per heavy atom. The van der Waals surface area contributed by atoms with E-state index in [-0.39, 0.29) is 0 Å². The van der Waals surface area contributed by atoms with Crippen molar-refractivity contribution in [3.05, 3.63) is 46.3 Å². The molecule has 1 heterocycles. The van der Waals surface area contributed by atoms with Gasteiger partial charge in [0.2, 0.25) is 0 Å². The number of aromatic nitrogens is 2. The second-order valence-corrected chi connectivity index (χ2v) is 4.84. The minimum absolute atomic E-state index is 0.456. The molecule has 0 saturated heterocycles. The lowest BCUT2D eigenvalue weighted by atomic mass is 10.1. The van der Waals surface area contributed by atoms with E-state index in [0.29, 0.717) is 5.88 Å². The van der Waals surface area contributed by atoms with Gasteiger partial charge in [-0.1, -0.05) is 17.7 Å². The smallest absolute Gasteiger partial charge is 0.0779 e. The Hall–Kier alpha value is -1.28. The standard InChI is InChI=1S/C14H17ClN2/c1-9-5-10(2)14(11(3)6-9)17-12(4)7-13(8-15)16-17/h5-7H,8H2,1-4H3. The maximum absolute atomic E-state index is 5.83. The van der Waals surface area contributed by atoms with Crippen LogP contribution in [-0.4, -0.2) is 9.78 Å². The average Bonchev–Trinajstić information content (AvgIpc) is 2.59. The van der Waals surface area contributed by atoms with Crippen molar-refractivity contribution in [2.24, 2.45) is 0 Å². The van der Waals surface area contributed by atoms with Gasteiger partial charge >= 0.3 is 0 Å². The van der Waals surface area contributed by atoms with Crippen LogP contribution in [0.2, 0.25) is 0 Å². The van der Waals surface area contributed by atoms with Gasteiger partial charge in [0.1, 0.15) is 0 Å². The Morgan fingerprint density at radius 2 is 1.65 bits per heavy atom. The Balaban J connectivity index is 2.63. The van der Waals surface area contributed by atoms with E-state index < -0.39 is 0 Å². The summed E-state index contributed by atoms with van der Waals surface area (Å²) < 4.78 is 1.99. The van der Waals surface area contributed by atoms with E-state index in [9.17, 15) is 0 Å². The van der Waals surface area contributed by atoms with Gasteiger partial charge in [0.15, 0.2) is 0 Å². The minimum Gasteiger partial charge on any atom is -0.237 e. The zero-order chi connectivity index (χ0) is 12.6. The highest BCUT2D eigenvalue weighted by atomic mass is 35.5. The molecular weight excluding hydrogens is 232 g/mol. The van der Waals surface area contributed by atoms with Gasteiger partial charge in [0.25, 0.3) is 0 Å². The molecule has 0 atom stereocenters. The average molecular weight is 249 g/mol. The first kappa shape index (κ1) is 12.2. The van der Waals surface area contributed by atoms with Gasteiger partial charge in [-0.15, -0.1) is 11.6 Å². The van der Waals surface area contributed by atoms with Crippen LogP contribution in [0.5, 0.6) is 0 Å². The topological polar surface area (TPSA) is 17.8 Å². The summed E-state index contributed by atoms with van der Waals surface area (Å²) in [6, 6.07) is 6.40. The van der Waals surface area contributed by atoms with E-state index in [1.807, 2.05) is 10.7 Å². The molecule has 17 heavy (non-hydrogen) atoms. The molecule has 0 aliphatic carbocycles. The van der Waals surface area contributed by atoms with Crippen molar-refractivity contribution in [3.8, 4) is 5.69 Å². The predicted octanol–water partition coefficient (Wildman–Crippen LogP) is 3.84. The number of rotatable bonds is 2. The molecule has 2 nitrogen and oxygen atoms in total. The summed E-state index contributed by atoms with van der Waals surface area (Å²) in [5, 5.41) is 4.53. The highest BCUT2D eigenvalue weighted by Crippen LogP contribution is 2.22. The predicted molar refractivity (Wildman–Crippen MR) is 72.1 cm³/mol. The Labute approximate surface area is 107 Å². The quantitative estimate of drug-likeness (QED) is 0.739. The van der Waals surface area contributed by atoms with Crippen molar-refractivity contribution < 1.29 is 0 Å². The van der Waals surface area contributed by atoms with Gasteiger partial charge < -0.3 is 0 Å². The Kier molecular flexibility index (Phi) is 3.25. The van der Waals surface area contributed by atoms with Gasteiger partial charge in [-0.05, 0) is 44.9 Å². The van der Waals surface area contributed by atoms with Crippen LogP contribution in [0, 0.1) is 27.7 Å². The molecule has 1 aromatic carbocycles. The van der Waals surface area contributed by atoms with E-state index in [0.717, 1.165) is 11.4 Å². The zero-order valence-electron chi connectivity index (χ0n) is 10.7. The number of alkyl halides is 1. The fourth-order valence-electron chi connectivity index (χ4n) is 2.34. The molecule has 0 fully saturated rings. The lowest BCUT2D eigenvalue weighted by Gasteiger charge is -2.12. The molecule has 2 rings (SSSR count). The number of hydrogen-bond acceptors (Lipinski definition) is 1. The van der Waals surface area contributed by atoms with E-state index in [1.165, 1.54) is 22.4 Å². The summed E-state index contributed by atoms with van der Waals surface area (Å²) in [6.07, 6.45) is 0. The third kappa shape index (κ3) is 2.22. The minimum atomic E-state index is 0.456. The first-order chi connectivity index (χ1) is 8.02. The molecule has 90 valence electrons. The summed E-state index contributed by atoms with van der Waals surface area (Å²) in [5.74, 6) is 0.456. The van der Waals surface area contributed by atoms with Crippen molar-refractivity contribution in [1.29, 1.82) is 0 Å². The third-order valence-corrected chi connectivity index (χ3v) is 3.20. The van der Waals surface area contributed by atoms with Crippen LogP contribution in [0.15, 0.2) is 18.2 Å². The van der Waals surface area contributed by atoms with Gasteiger partial charge in [0, 0.05) is 5.69 Å². The summed E-state index contributed by atoms with van der Waals surface area (Å²) >= 11 is 5.83. The maximum Gasteiger partial charge on any atom is 0.0779 e. The Morgan fingerprint density at radius 1 is 1.06 bits per heavy atom. The largest absolute Gasteiger partial charge is 0.237 e. The zero-order valence-corrected chi connectivity index (χ0v) is 11.5. The summed E-state index contributed by atoms with van der Waals surface area (Å²) in [4.78, 5) is 0. The highest BCUT2D eigenvalue weighted by molar-refractivity contribution is 6.16. The van der Waals surface area contributed by atoms with Crippen molar-refractivity contribution >= 4 is 11.6 Å². The van der Waals surface area contributed by atoms with Crippen molar-refractivity contribution in [3.63, 3.8) is 0 Å². The normalized spacial score (nSPS) is 10.9. The second-order valence-electron chi connectivity index (χ2n) is 4.57. The lowest BCUT2D eigenvalue weighted by Crippen LogP contribution is -2.04. The fourth-order valence-corrected chi connectivity index (χ4v) is 2.47. The lowest BCUT2D eigenvalue weighted by molar-refractivity contribution is 0.818. The van der Waals surface area contributed by atoms with Crippen molar-refractivity contribution in [2.45, 2.75) is 33.6 Å². The number of hydrogen-bond donors (Lipinski definition) is 0. The molecule has 0 bridgehead atoms. The van der Waals surface area contributed by atoms with Crippen LogP contribution in [0.25, 0.3) is 5.69 Å². The van der Waals surface area contributed by atoms with Gasteiger partial charge in [-0.2, -0.15) is 5.10 Å². The molecule has 0 aliphatic rings. The van der Waals surface area contributed by atoms with Gasteiger partial charge in [-0.3, -0.25) is 0 Å². The van der Waals surface area contributed by atoms with E-state index >= 15 is 0 Å². The molecule has 0 saturated carbocycles. The molecular formula is C14H17ClN2. The maximum atomic E-state index is 5.83. The van der Waals surface area contributed by atoms with Crippen LogP contribution in [0.3, 0.4) is 0 Å². The SMILES string of the molecule is Cc1cc(C)c(-n2nc(CCl)cc2C)c(C)c1. The van der Waals surface area contributed by atoms with Crippen LogP contribution in [0.1, 0.15) is 28.1 Å². The highest BCUT2D eigenvalue weighted by Gasteiger charge is 2.10. The van der Waals surface area contributed by atoms with E-state index in [4.69, 9.17) is 11.6 Å². The van der Waals surface area contributed by atoms with Gasteiger partial charge in [-0.25, -0.2) is 4.68 Å². The molecule has 0 aliphatic heterocycles. The molecule has 0 N–H and O–H groups in total. The number of halogens is 1. The molecule has 3 heteroatoms. The number of aryl methyl sites for hydroxylation is 4. The third-order valence-electron chi connectivity index (χ3n) is 2.92.